The first kappa shape index (κ1) is 15.2. The predicted molar refractivity (Wildman–Crippen MR) is 85.2 cm³/mol. The predicted octanol–water partition coefficient (Wildman–Crippen LogP) is 5.29. The number of alkyl halides is 1. The summed E-state index contributed by atoms with van der Waals surface area (Å²) in [5, 5.41) is 0. The van der Waals surface area contributed by atoms with Crippen molar-refractivity contribution in [3.8, 4) is 0 Å². The quantitative estimate of drug-likeness (QED) is 0.386. The minimum Gasteiger partial charge on any atom is -0.372 e. The molecule has 106 valence electrons. The summed E-state index contributed by atoms with van der Waals surface area (Å²) in [7, 11) is 0. The lowest BCUT2D eigenvalue weighted by molar-refractivity contribution is 0.0401. The fraction of sp³-hybridized carbons (Fsp3) is 0.625. The number of benzene rings is 1. The van der Waals surface area contributed by atoms with Gasteiger partial charge in [0.05, 0.1) is 12.7 Å². The van der Waals surface area contributed by atoms with Crippen LogP contribution in [0.15, 0.2) is 24.3 Å². The van der Waals surface area contributed by atoms with Gasteiger partial charge in [-0.2, -0.15) is 0 Å². The van der Waals surface area contributed by atoms with E-state index in [1.165, 1.54) is 50.7 Å². The van der Waals surface area contributed by atoms with Crippen molar-refractivity contribution in [2.75, 3.05) is 11.0 Å². The van der Waals surface area contributed by atoms with Gasteiger partial charge in [0.1, 0.15) is 5.82 Å². The Morgan fingerprint density at radius 3 is 2.32 bits per heavy atom. The van der Waals surface area contributed by atoms with Crippen molar-refractivity contribution in [1.29, 1.82) is 0 Å². The van der Waals surface area contributed by atoms with Crippen LogP contribution in [0.25, 0.3) is 0 Å². The summed E-state index contributed by atoms with van der Waals surface area (Å²) >= 11 is 2.34. The van der Waals surface area contributed by atoms with Crippen LogP contribution in [0.1, 0.15) is 50.2 Å². The first-order chi connectivity index (χ1) is 9.29. The van der Waals surface area contributed by atoms with Crippen LogP contribution in [0, 0.1) is 11.7 Å². The highest BCUT2D eigenvalue weighted by molar-refractivity contribution is 14.1. The van der Waals surface area contributed by atoms with Gasteiger partial charge in [0, 0.05) is 4.43 Å². The highest BCUT2D eigenvalue weighted by Gasteiger charge is 2.16. The maximum absolute atomic E-state index is 12.9. The smallest absolute Gasteiger partial charge is 0.123 e. The van der Waals surface area contributed by atoms with Gasteiger partial charge in [-0.1, -0.05) is 60.4 Å². The molecule has 0 spiro atoms. The Labute approximate surface area is 129 Å². The molecule has 0 bridgehead atoms. The van der Waals surface area contributed by atoms with Gasteiger partial charge < -0.3 is 4.74 Å². The molecule has 3 heteroatoms. The number of halogens is 2. The molecule has 0 aliphatic heterocycles. The standard InChI is InChI=1S/C16H22FIO/c17-15-9-7-14(8-10-15)16(11-18)19-12-13-5-3-1-2-4-6-13/h7-10,13,16H,1-6,11-12H2. The molecule has 0 aromatic heterocycles. The number of ether oxygens (including phenoxy) is 1. The summed E-state index contributed by atoms with van der Waals surface area (Å²) in [6, 6.07) is 6.71. The largest absolute Gasteiger partial charge is 0.372 e. The molecular formula is C16H22FIO. The normalized spacial score (nSPS) is 19.1. The van der Waals surface area contributed by atoms with E-state index in [1.54, 1.807) is 0 Å². The van der Waals surface area contributed by atoms with Crippen LogP contribution in [-0.2, 0) is 4.74 Å². The molecule has 1 aliphatic rings. The molecule has 1 unspecified atom stereocenters. The lowest BCUT2D eigenvalue weighted by atomic mass is 10.0. The van der Waals surface area contributed by atoms with Gasteiger partial charge in [0.25, 0.3) is 0 Å². The minimum absolute atomic E-state index is 0.101. The second-order valence-corrected chi connectivity index (χ2v) is 6.27. The van der Waals surface area contributed by atoms with Crippen molar-refractivity contribution in [3.63, 3.8) is 0 Å². The van der Waals surface area contributed by atoms with Crippen molar-refractivity contribution < 1.29 is 9.13 Å². The second kappa shape index (κ2) is 8.20. The Morgan fingerprint density at radius 2 is 1.74 bits per heavy atom. The van der Waals surface area contributed by atoms with Gasteiger partial charge in [-0.25, -0.2) is 4.39 Å². The summed E-state index contributed by atoms with van der Waals surface area (Å²) < 4.78 is 19.9. The van der Waals surface area contributed by atoms with Crippen molar-refractivity contribution in [2.24, 2.45) is 5.92 Å². The molecule has 1 aromatic rings. The van der Waals surface area contributed by atoms with E-state index in [2.05, 4.69) is 22.6 Å². The molecule has 1 fully saturated rings. The molecular weight excluding hydrogens is 354 g/mol. The fourth-order valence-electron chi connectivity index (χ4n) is 2.69. The maximum Gasteiger partial charge on any atom is 0.123 e. The van der Waals surface area contributed by atoms with Gasteiger partial charge in [0.2, 0.25) is 0 Å². The number of rotatable bonds is 5. The van der Waals surface area contributed by atoms with Crippen LogP contribution in [0.2, 0.25) is 0 Å². The van der Waals surface area contributed by atoms with Crippen LogP contribution in [0.4, 0.5) is 4.39 Å². The third kappa shape index (κ3) is 5.03. The van der Waals surface area contributed by atoms with Crippen molar-refractivity contribution in [2.45, 2.75) is 44.6 Å². The van der Waals surface area contributed by atoms with Gasteiger partial charge in [0.15, 0.2) is 0 Å². The highest BCUT2D eigenvalue weighted by atomic mass is 127. The van der Waals surface area contributed by atoms with E-state index in [0.717, 1.165) is 16.6 Å². The SMILES string of the molecule is Fc1ccc(C(CI)OCC2CCCCCC2)cc1. The molecule has 0 radical (unpaired) electrons. The van der Waals surface area contributed by atoms with Gasteiger partial charge in [-0.15, -0.1) is 0 Å². The van der Waals surface area contributed by atoms with Crippen molar-refractivity contribution >= 4 is 22.6 Å². The topological polar surface area (TPSA) is 9.23 Å². The molecule has 0 saturated heterocycles. The van der Waals surface area contributed by atoms with Gasteiger partial charge in [-0.05, 0) is 36.5 Å². The van der Waals surface area contributed by atoms with Crippen LogP contribution in [-0.4, -0.2) is 11.0 Å². The first-order valence-electron chi connectivity index (χ1n) is 7.22. The zero-order valence-corrected chi connectivity index (χ0v) is 13.4. The third-order valence-corrected chi connectivity index (χ3v) is 4.69. The van der Waals surface area contributed by atoms with E-state index in [9.17, 15) is 4.39 Å². The Kier molecular flexibility index (Phi) is 6.57. The molecule has 1 aromatic carbocycles. The molecule has 0 heterocycles. The van der Waals surface area contributed by atoms with Crippen LogP contribution >= 0.6 is 22.6 Å². The lowest BCUT2D eigenvalue weighted by Crippen LogP contribution is -2.14. The zero-order chi connectivity index (χ0) is 13.5. The average Bonchev–Trinajstić information content (AvgIpc) is 2.70. The van der Waals surface area contributed by atoms with E-state index >= 15 is 0 Å². The molecule has 1 atom stereocenters. The number of hydrogen-bond donors (Lipinski definition) is 0. The Bertz CT molecular complexity index is 358. The number of hydrogen-bond acceptors (Lipinski definition) is 1. The monoisotopic (exact) mass is 376 g/mol. The van der Waals surface area contributed by atoms with Crippen LogP contribution in [0.5, 0.6) is 0 Å². The first-order valence-corrected chi connectivity index (χ1v) is 8.75. The average molecular weight is 376 g/mol. The van der Waals surface area contributed by atoms with E-state index in [-0.39, 0.29) is 11.9 Å². The van der Waals surface area contributed by atoms with Gasteiger partial charge >= 0.3 is 0 Å². The van der Waals surface area contributed by atoms with Crippen LogP contribution < -0.4 is 0 Å². The highest BCUT2D eigenvalue weighted by Crippen LogP contribution is 2.26. The fourth-order valence-corrected chi connectivity index (χ4v) is 3.45. The van der Waals surface area contributed by atoms with Crippen molar-refractivity contribution in [1.82, 2.24) is 0 Å². The minimum atomic E-state index is -0.181. The summed E-state index contributed by atoms with van der Waals surface area (Å²) in [6.45, 7) is 0.852. The van der Waals surface area contributed by atoms with Crippen LogP contribution in [0.3, 0.4) is 0 Å². The molecule has 0 N–H and O–H groups in total. The summed E-state index contributed by atoms with van der Waals surface area (Å²) in [6.07, 6.45) is 8.16. The molecule has 19 heavy (non-hydrogen) atoms. The summed E-state index contributed by atoms with van der Waals surface area (Å²) in [4.78, 5) is 0. The Morgan fingerprint density at radius 1 is 1.11 bits per heavy atom. The van der Waals surface area contributed by atoms with Gasteiger partial charge in [-0.3, -0.25) is 0 Å². The van der Waals surface area contributed by atoms with E-state index in [1.807, 2.05) is 12.1 Å². The molecule has 1 saturated carbocycles. The Hall–Kier alpha value is -0.160. The second-order valence-electron chi connectivity index (χ2n) is 5.39. The molecule has 1 aliphatic carbocycles. The summed E-state index contributed by atoms with van der Waals surface area (Å²) in [5.74, 6) is 0.535. The summed E-state index contributed by atoms with van der Waals surface area (Å²) in [5.41, 5.74) is 1.09. The molecule has 1 nitrogen and oxygen atoms in total. The third-order valence-electron chi connectivity index (χ3n) is 3.89. The zero-order valence-electron chi connectivity index (χ0n) is 11.3. The lowest BCUT2D eigenvalue weighted by Gasteiger charge is -2.20. The Balaban J connectivity index is 1.86. The maximum atomic E-state index is 12.9. The molecule has 0 amide bonds. The van der Waals surface area contributed by atoms with E-state index in [4.69, 9.17) is 4.74 Å². The molecule has 2 rings (SSSR count). The van der Waals surface area contributed by atoms with E-state index in [0.29, 0.717) is 5.92 Å². The van der Waals surface area contributed by atoms with E-state index < -0.39 is 0 Å². The van der Waals surface area contributed by atoms with Crippen molar-refractivity contribution in [3.05, 3.63) is 35.6 Å².